The van der Waals surface area contributed by atoms with E-state index in [1.54, 1.807) is 6.92 Å². The van der Waals surface area contributed by atoms with E-state index in [9.17, 15) is 16.8 Å². The summed E-state index contributed by atoms with van der Waals surface area (Å²) in [4.78, 5) is 0. The molecule has 1 fully saturated rings. The molecule has 0 unspecified atom stereocenters. The molecule has 0 aromatic heterocycles. The fourth-order valence-electron chi connectivity index (χ4n) is 1.12. The van der Waals surface area contributed by atoms with Crippen molar-refractivity contribution in [3.8, 4) is 0 Å². The molecule has 4 nitrogen and oxygen atoms in total. The molecule has 0 saturated carbocycles. The van der Waals surface area contributed by atoms with Gasteiger partial charge in [-0.1, -0.05) is 13.3 Å². The maximum absolute atomic E-state index is 10.8. The van der Waals surface area contributed by atoms with Crippen molar-refractivity contribution >= 4 is 19.7 Å². The van der Waals surface area contributed by atoms with Crippen LogP contribution in [0, 0.1) is 0 Å². The Labute approximate surface area is 66.4 Å². The Morgan fingerprint density at radius 3 is 1.82 bits per heavy atom. The standard InChI is InChI=1S/C5H10O4S2/c1-2-3-5-10(6,7)4-11(5,8)9/h5H,2-4H2,1H3. The van der Waals surface area contributed by atoms with E-state index in [2.05, 4.69) is 0 Å². The second-order valence-electron chi connectivity index (χ2n) is 2.66. The molecule has 0 atom stereocenters. The highest BCUT2D eigenvalue weighted by atomic mass is 32.3. The molecule has 0 amide bonds. The van der Waals surface area contributed by atoms with Crippen molar-refractivity contribution in [2.24, 2.45) is 0 Å². The van der Waals surface area contributed by atoms with E-state index >= 15 is 0 Å². The molecule has 0 bridgehead atoms. The highest BCUT2D eigenvalue weighted by molar-refractivity contribution is 8.24. The molecule has 0 aromatic rings. The first kappa shape index (κ1) is 8.99. The van der Waals surface area contributed by atoms with Crippen LogP contribution in [0.4, 0.5) is 0 Å². The third-order valence-electron chi connectivity index (χ3n) is 1.65. The van der Waals surface area contributed by atoms with Crippen LogP contribution in [0.5, 0.6) is 0 Å². The van der Waals surface area contributed by atoms with Gasteiger partial charge < -0.3 is 0 Å². The Morgan fingerprint density at radius 1 is 1.18 bits per heavy atom. The van der Waals surface area contributed by atoms with E-state index in [1.165, 1.54) is 0 Å². The normalized spacial score (nSPS) is 27.7. The summed E-state index contributed by atoms with van der Waals surface area (Å²) in [5.74, 6) is 0. The van der Waals surface area contributed by atoms with Crippen LogP contribution in [0.1, 0.15) is 19.8 Å². The van der Waals surface area contributed by atoms with Gasteiger partial charge in [-0.2, -0.15) is 0 Å². The minimum Gasteiger partial charge on any atom is -0.226 e. The molecular weight excluding hydrogens is 188 g/mol. The SMILES string of the molecule is CCCC1S(=O)(=O)CS1(=O)=O. The van der Waals surface area contributed by atoms with Gasteiger partial charge in [0.25, 0.3) is 0 Å². The average Bonchev–Trinajstić information content (AvgIpc) is 1.80. The summed E-state index contributed by atoms with van der Waals surface area (Å²) < 4.78 is 42.3. The fraction of sp³-hybridized carbons (Fsp3) is 1.00. The van der Waals surface area contributed by atoms with Crippen LogP contribution >= 0.6 is 0 Å². The van der Waals surface area contributed by atoms with E-state index < -0.39 is 29.3 Å². The van der Waals surface area contributed by atoms with Crippen molar-refractivity contribution in [2.75, 3.05) is 5.08 Å². The Bertz CT molecular complexity index is 305. The van der Waals surface area contributed by atoms with Crippen molar-refractivity contribution in [2.45, 2.75) is 24.3 Å². The largest absolute Gasteiger partial charge is 0.226 e. The average molecular weight is 198 g/mol. The maximum atomic E-state index is 10.8. The van der Waals surface area contributed by atoms with E-state index in [-0.39, 0.29) is 6.42 Å². The third kappa shape index (κ3) is 1.41. The zero-order valence-corrected chi connectivity index (χ0v) is 7.78. The van der Waals surface area contributed by atoms with Crippen molar-refractivity contribution in [3.05, 3.63) is 0 Å². The second-order valence-corrected chi connectivity index (χ2v) is 7.69. The zero-order chi connectivity index (χ0) is 8.70. The lowest BCUT2D eigenvalue weighted by Gasteiger charge is -2.25. The predicted octanol–water partition coefficient (Wildman–Crippen LogP) is -0.0867. The zero-order valence-electron chi connectivity index (χ0n) is 6.15. The van der Waals surface area contributed by atoms with Gasteiger partial charge in [-0.05, 0) is 6.42 Å². The van der Waals surface area contributed by atoms with Crippen molar-refractivity contribution in [1.82, 2.24) is 0 Å². The van der Waals surface area contributed by atoms with E-state index in [0.717, 1.165) is 0 Å². The monoisotopic (exact) mass is 198 g/mol. The summed E-state index contributed by atoms with van der Waals surface area (Å²) in [6.45, 7) is 1.77. The molecular formula is C5H10O4S2. The first-order chi connectivity index (χ1) is 4.90. The maximum Gasteiger partial charge on any atom is 0.181 e. The molecule has 1 rings (SSSR count). The van der Waals surface area contributed by atoms with Crippen LogP contribution in [0.25, 0.3) is 0 Å². The van der Waals surface area contributed by atoms with Gasteiger partial charge in [-0.15, -0.1) is 0 Å². The van der Waals surface area contributed by atoms with E-state index in [4.69, 9.17) is 0 Å². The van der Waals surface area contributed by atoms with Crippen molar-refractivity contribution in [3.63, 3.8) is 0 Å². The second kappa shape index (κ2) is 2.45. The molecule has 0 radical (unpaired) electrons. The quantitative estimate of drug-likeness (QED) is 0.622. The highest BCUT2D eigenvalue weighted by Crippen LogP contribution is 2.28. The van der Waals surface area contributed by atoms with Gasteiger partial charge in [0, 0.05) is 0 Å². The van der Waals surface area contributed by atoms with Gasteiger partial charge in [0.2, 0.25) is 0 Å². The Hall–Kier alpha value is -0.100. The number of sulfone groups is 2. The van der Waals surface area contributed by atoms with Crippen LogP contribution in [0.3, 0.4) is 0 Å². The van der Waals surface area contributed by atoms with Gasteiger partial charge in [0.15, 0.2) is 29.3 Å². The molecule has 0 aliphatic carbocycles. The molecule has 1 saturated heterocycles. The summed E-state index contributed by atoms with van der Waals surface area (Å²) in [5, 5.41) is -0.648. The minimum absolute atomic E-state index is 0.241. The van der Waals surface area contributed by atoms with Crippen LogP contribution in [-0.2, 0) is 19.7 Å². The van der Waals surface area contributed by atoms with Crippen molar-refractivity contribution in [1.29, 1.82) is 0 Å². The number of rotatable bonds is 2. The summed E-state index contributed by atoms with van der Waals surface area (Å²) in [7, 11) is -6.56. The van der Waals surface area contributed by atoms with Gasteiger partial charge in [-0.3, -0.25) is 0 Å². The van der Waals surface area contributed by atoms with Gasteiger partial charge in [0.05, 0.1) is 0 Å². The van der Waals surface area contributed by atoms with Crippen LogP contribution < -0.4 is 0 Å². The molecule has 0 aromatic carbocycles. The molecule has 0 spiro atoms. The molecule has 11 heavy (non-hydrogen) atoms. The summed E-state index contributed by atoms with van der Waals surface area (Å²) in [6.07, 6.45) is 0.827. The number of hydrogen-bond donors (Lipinski definition) is 0. The summed E-state index contributed by atoms with van der Waals surface area (Å²) in [6, 6.07) is 0. The Balaban J connectivity index is 2.91. The Kier molecular flexibility index (Phi) is 2.00. The lowest BCUT2D eigenvalue weighted by Crippen LogP contribution is -2.46. The van der Waals surface area contributed by atoms with E-state index in [0.29, 0.717) is 6.42 Å². The van der Waals surface area contributed by atoms with Crippen LogP contribution in [-0.4, -0.2) is 26.5 Å². The Morgan fingerprint density at radius 2 is 1.64 bits per heavy atom. The topological polar surface area (TPSA) is 68.3 Å². The molecule has 1 aliphatic rings. The smallest absolute Gasteiger partial charge is 0.181 e. The van der Waals surface area contributed by atoms with Crippen molar-refractivity contribution < 1.29 is 16.8 Å². The lowest BCUT2D eigenvalue weighted by atomic mass is 10.4. The molecule has 0 N–H and O–H groups in total. The number of hydrogen-bond acceptors (Lipinski definition) is 4. The molecule has 1 aliphatic heterocycles. The van der Waals surface area contributed by atoms with Gasteiger partial charge in [0.1, 0.15) is 0 Å². The highest BCUT2D eigenvalue weighted by Gasteiger charge is 2.50. The van der Waals surface area contributed by atoms with Crippen LogP contribution in [0.2, 0.25) is 0 Å². The minimum atomic E-state index is -3.28. The molecule has 1 heterocycles. The van der Waals surface area contributed by atoms with Crippen LogP contribution in [0.15, 0.2) is 0 Å². The van der Waals surface area contributed by atoms with Gasteiger partial charge >= 0.3 is 0 Å². The summed E-state index contributed by atoms with van der Waals surface area (Å²) in [5.41, 5.74) is 0. The fourth-order valence-corrected chi connectivity index (χ4v) is 6.55. The summed E-state index contributed by atoms with van der Waals surface area (Å²) >= 11 is 0. The third-order valence-corrected chi connectivity index (χ3v) is 8.12. The first-order valence-electron chi connectivity index (χ1n) is 3.33. The van der Waals surface area contributed by atoms with E-state index in [1.807, 2.05) is 0 Å². The lowest BCUT2D eigenvalue weighted by molar-refractivity contribution is 0.556. The predicted molar refractivity (Wildman–Crippen MR) is 41.4 cm³/mol. The molecule has 66 valence electrons. The van der Waals surface area contributed by atoms with Gasteiger partial charge in [-0.25, -0.2) is 16.8 Å². The molecule has 6 heteroatoms. The first-order valence-corrected chi connectivity index (χ1v) is 6.76.